The minimum Gasteiger partial charge on any atom is -0.439 e. The number of pyridine rings is 1. The molecule has 1 unspecified atom stereocenters. The smallest absolute Gasteiger partial charge is 0.219 e. The normalized spacial score (nSPS) is 12.1. The fourth-order valence-corrected chi connectivity index (χ4v) is 1.96. The van der Waals surface area contributed by atoms with Crippen LogP contribution in [0.25, 0.3) is 0 Å². The van der Waals surface area contributed by atoms with Gasteiger partial charge in [-0.3, -0.25) is 4.99 Å². The predicted octanol–water partition coefficient (Wildman–Crippen LogP) is 4.09. The molecule has 0 fully saturated rings. The van der Waals surface area contributed by atoms with Crippen LogP contribution in [0.15, 0.2) is 47.6 Å². The van der Waals surface area contributed by atoms with Crippen molar-refractivity contribution in [1.29, 1.82) is 0 Å². The monoisotopic (exact) mass is 458 g/mol. The standard InChI is InChI=1S/C18H23FN4O.HI/c1-4-13(2)23-18(20-3)22-12-14-9-10-21-17(11-14)24-16-7-5-15(19)6-8-16;/h5-11,13H,4,12H2,1-3H3,(H2,20,22,23);1H. The topological polar surface area (TPSA) is 58.5 Å². The fourth-order valence-electron chi connectivity index (χ4n) is 1.96. The maximum atomic E-state index is 12.9. The number of guanidine groups is 1. The molecule has 2 aromatic rings. The lowest BCUT2D eigenvalue weighted by atomic mass is 10.2. The first kappa shape index (κ1) is 21.1. The van der Waals surface area contributed by atoms with Gasteiger partial charge in [0.05, 0.1) is 0 Å². The van der Waals surface area contributed by atoms with Crippen molar-refractivity contribution in [2.24, 2.45) is 4.99 Å². The molecular formula is C18H24FIN4O. The lowest BCUT2D eigenvalue weighted by molar-refractivity contribution is 0.460. The molecule has 0 aliphatic carbocycles. The van der Waals surface area contributed by atoms with E-state index in [1.807, 2.05) is 12.1 Å². The summed E-state index contributed by atoms with van der Waals surface area (Å²) in [6, 6.07) is 9.94. The second-order valence-electron chi connectivity index (χ2n) is 5.44. The average molecular weight is 458 g/mol. The molecular weight excluding hydrogens is 434 g/mol. The second kappa shape index (κ2) is 10.9. The van der Waals surface area contributed by atoms with Crippen molar-refractivity contribution in [2.75, 3.05) is 7.05 Å². The van der Waals surface area contributed by atoms with E-state index in [1.165, 1.54) is 12.1 Å². The van der Waals surface area contributed by atoms with Crippen LogP contribution in [0.1, 0.15) is 25.8 Å². The van der Waals surface area contributed by atoms with Crippen molar-refractivity contribution >= 4 is 29.9 Å². The number of aromatic nitrogens is 1. The van der Waals surface area contributed by atoms with Crippen LogP contribution in [-0.2, 0) is 6.54 Å². The summed E-state index contributed by atoms with van der Waals surface area (Å²) in [7, 11) is 1.74. The van der Waals surface area contributed by atoms with Crippen LogP contribution in [0.2, 0.25) is 0 Å². The molecule has 136 valence electrons. The predicted molar refractivity (Wildman–Crippen MR) is 109 cm³/mol. The van der Waals surface area contributed by atoms with Crippen LogP contribution in [0, 0.1) is 5.82 Å². The van der Waals surface area contributed by atoms with E-state index in [9.17, 15) is 4.39 Å². The van der Waals surface area contributed by atoms with Crippen LogP contribution >= 0.6 is 24.0 Å². The quantitative estimate of drug-likeness (QED) is 0.389. The maximum Gasteiger partial charge on any atom is 0.219 e. The Hall–Kier alpha value is -1.90. The van der Waals surface area contributed by atoms with Crippen molar-refractivity contribution < 1.29 is 9.13 Å². The average Bonchev–Trinajstić information content (AvgIpc) is 2.60. The van der Waals surface area contributed by atoms with Gasteiger partial charge in [-0.25, -0.2) is 9.37 Å². The number of ether oxygens (including phenoxy) is 1. The second-order valence-corrected chi connectivity index (χ2v) is 5.44. The molecule has 25 heavy (non-hydrogen) atoms. The van der Waals surface area contributed by atoms with E-state index in [4.69, 9.17) is 4.74 Å². The Balaban J connectivity index is 0.00000312. The number of benzene rings is 1. The molecule has 1 aromatic carbocycles. The van der Waals surface area contributed by atoms with Crippen LogP contribution in [0.5, 0.6) is 11.6 Å². The summed E-state index contributed by atoms with van der Waals surface area (Å²) in [4.78, 5) is 8.38. The fraction of sp³-hybridized carbons (Fsp3) is 0.333. The van der Waals surface area contributed by atoms with Crippen LogP contribution in [0.4, 0.5) is 4.39 Å². The molecule has 0 saturated heterocycles. The van der Waals surface area contributed by atoms with Gasteiger partial charge >= 0.3 is 0 Å². The van der Waals surface area contributed by atoms with E-state index in [0.717, 1.165) is 17.9 Å². The highest BCUT2D eigenvalue weighted by atomic mass is 127. The third-order valence-corrected chi connectivity index (χ3v) is 3.51. The Morgan fingerprint density at radius 1 is 1.28 bits per heavy atom. The van der Waals surface area contributed by atoms with Crippen molar-refractivity contribution in [3.05, 3.63) is 54.0 Å². The van der Waals surface area contributed by atoms with Gasteiger partial charge in [0.1, 0.15) is 11.6 Å². The van der Waals surface area contributed by atoms with E-state index in [2.05, 4.69) is 34.5 Å². The summed E-state index contributed by atoms with van der Waals surface area (Å²) in [5.74, 6) is 1.46. The van der Waals surface area contributed by atoms with Crippen LogP contribution in [-0.4, -0.2) is 24.0 Å². The number of hydrogen-bond acceptors (Lipinski definition) is 3. The van der Waals surface area contributed by atoms with Gasteiger partial charge in [-0.05, 0) is 49.2 Å². The maximum absolute atomic E-state index is 12.9. The molecule has 1 heterocycles. The number of aliphatic imine (C=N–C) groups is 1. The Morgan fingerprint density at radius 2 is 2.00 bits per heavy atom. The highest BCUT2D eigenvalue weighted by Gasteiger charge is 2.04. The number of rotatable bonds is 6. The van der Waals surface area contributed by atoms with E-state index >= 15 is 0 Å². The van der Waals surface area contributed by atoms with Gasteiger partial charge in [0.2, 0.25) is 5.88 Å². The molecule has 5 nitrogen and oxygen atoms in total. The van der Waals surface area contributed by atoms with Crippen LogP contribution in [0.3, 0.4) is 0 Å². The first-order chi connectivity index (χ1) is 11.6. The number of halogens is 2. The van der Waals surface area contributed by atoms with E-state index in [-0.39, 0.29) is 29.8 Å². The molecule has 0 spiro atoms. The summed E-state index contributed by atoms with van der Waals surface area (Å²) >= 11 is 0. The van der Waals surface area contributed by atoms with Crippen molar-refractivity contribution in [3.8, 4) is 11.6 Å². The van der Waals surface area contributed by atoms with Crippen molar-refractivity contribution in [3.63, 3.8) is 0 Å². The molecule has 0 bridgehead atoms. The first-order valence-electron chi connectivity index (χ1n) is 7.96. The highest BCUT2D eigenvalue weighted by molar-refractivity contribution is 14.0. The van der Waals surface area contributed by atoms with Crippen molar-refractivity contribution in [1.82, 2.24) is 15.6 Å². The molecule has 2 N–H and O–H groups in total. The summed E-state index contributed by atoms with van der Waals surface area (Å²) in [6.07, 6.45) is 2.70. The lowest BCUT2D eigenvalue weighted by Gasteiger charge is -2.16. The number of nitrogens with one attached hydrogen (secondary N) is 2. The molecule has 1 atom stereocenters. The summed E-state index contributed by atoms with van der Waals surface area (Å²) in [5, 5.41) is 6.56. The lowest BCUT2D eigenvalue weighted by Crippen LogP contribution is -2.41. The Morgan fingerprint density at radius 3 is 2.64 bits per heavy atom. The minimum atomic E-state index is -0.298. The molecule has 0 amide bonds. The summed E-state index contributed by atoms with van der Waals surface area (Å²) < 4.78 is 18.6. The van der Waals surface area contributed by atoms with Gasteiger partial charge in [-0.15, -0.1) is 24.0 Å². The Labute approximate surface area is 165 Å². The third-order valence-electron chi connectivity index (χ3n) is 3.51. The largest absolute Gasteiger partial charge is 0.439 e. The molecule has 0 radical (unpaired) electrons. The van der Waals surface area contributed by atoms with E-state index < -0.39 is 0 Å². The van der Waals surface area contributed by atoms with Gasteiger partial charge in [0.15, 0.2) is 5.96 Å². The van der Waals surface area contributed by atoms with Gasteiger partial charge in [0.25, 0.3) is 0 Å². The minimum absolute atomic E-state index is 0. The molecule has 0 saturated carbocycles. The van der Waals surface area contributed by atoms with Gasteiger partial charge < -0.3 is 15.4 Å². The molecule has 0 aliphatic rings. The third kappa shape index (κ3) is 7.25. The SMILES string of the molecule is CCC(C)NC(=NC)NCc1ccnc(Oc2ccc(F)cc2)c1.I. The van der Waals surface area contributed by atoms with Crippen LogP contribution < -0.4 is 15.4 Å². The van der Waals surface area contributed by atoms with E-state index in [0.29, 0.717) is 24.2 Å². The number of hydrogen-bond donors (Lipinski definition) is 2. The molecule has 0 aliphatic heterocycles. The Kier molecular flexibility index (Phi) is 9.18. The van der Waals surface area contributed by atoms with E-state index in [1.54, 1.807) is 25.4 Å². The molecule has 2 rings (SSSR count). The van der Waals surface area contributed by atoms with Crippen molar-refractivity contribution in [2.45, 2.75) is 32.9 Å². The zero-order valence-corrected chi connectivity index (χ0v) is 17.0. The summed E-state index contributed by atoms with van der Waals surface area (Å²) in [5.41, 5.74) is 1.01. The van der Waals surface area contributed by atoms with Gasteiger partial charge in [0, 0.05) is 31.9 Å². The molecule has 7 heteroatoms. The Bertz CT molecular complexity index is 679. The zero-order valence-electron chi connectivity index (χ0n) is 14.6. The number of nitrogens with zero attached hydrogens (tertiary/aromatic N) is 2. The molecule has 1 aromatic heterocycles. The van der Waals surface area contributed by atoms with Gasteiger partial charge in [-0.2, -0.15) is 0 Å². The summed E-state index contributed by atoms with van der Waals surface area (Å²) in [6.45, 7) is 4.82. The first-order valence-corrected chi connectivity index (χ1v) is 7.96. The zero-order chi connectivity index (χ0) is 17.4. The highest BCUT2D eigenvalue weighted by Crippen LogP contribution is 2.20. The van der Waals surface area contributed by atoms with Gasteiger partial charge in [-0.1, -0.05) is 6.92 Å².